The van der Waals surface area contributed by atoms with E-state index < -0.39 is 0 Å². The van der Waals surface area contributed by atoms with E-state index in [2.05, 4.69) is 16.8 Å². The summed E-state index contributed by atoms with van der Waals surface area (Å²) in [6.45, 7) is 5.53. The Morgan fingerprint density at radius 1 is 1.07 bits per heavy atom. The van der Waals surface area contributed by atoms with E-state index in [9.17, 15) is 5.11 Å². The zero-order valence-electron chi connectivity index (χ0n) is 16.0. The highest BCUT2D eigenvalue weighted by atomic mass is 16.5. The van der Waals surface area contributed by atoms with Gasteiger partial charge in [0.2, 0.25) is 0 Å². The zero-order chi connectivity index (χ0) is 18.8. The minimum absolute atomic E-state index is 0.226. The largest absolute Gasteiger partial charge is 0.506 e. The van der Waals surface area contributed by atoms with Crippen molar-refractivity contribution in [1.29, 1.82) is 0 Å². The number of ether oxygens (including phenoxy) is 2. The summed E-state index contributed by atoms with van der Waals surface area (Å²) in [5, 5.41) is 9.40. The molecule has 1 aromatic heterocycles. The van der Waals surface area contributed by atoms with Crippen LogP contribution in [0.1, 0.15) is 31.4 Å². The number of methoxy groups -OCH3 is 1. The van der Waals surface area contributed by atoms with Crippen LogP contribution in [0.15, 0.2) is 42.6 Å². The highest BCUT2D eigenvalue weighted by Gasteiger charge is 2.42. The van der Waals surface area contributed by atoms with Gasteiger partial charge in [0.1, 0.15) is 17.2 Å². The number of nitrogens with zero attached hydrogens (tertiary/aromatic N) is 2. The van der Waals surface area contributed by atoms with Crippen molar-refractivity contribution in [2.24, 2.45) is 11.8 Å². The van der Waals surface area contributed by atoms with Crippen LogP contribution in [0.4, 0.5) is 0 Å². The normalized spacial score (nSPS) is 25.9. The average molecular weight is 368 g/mol. The quantitative estimate of drug-likeness (QED) is 0.843. The van der Waals surface area contributed by atoms with Crippen molar-refractivity contribution in [1.82, 2.24) is 9.88 Å². The van der Waals surface area contributed by atoms with Gasteiger partial charge in [-0.2, -0.15) is 0 Å². The van der Waals surface area contributed by atoms with Gasteiger partial charge in [0.05, 0.1) is 19.4 Å². The summed E-state index contributed by atoms with van der Waals surface area (Å²) in [5.74, 6) is 3.85. The van der Waals surface area contributed by atoms with E-state index >= 15 is 0 Å². The Morgan fingerprint density at radius 3 is 2.33 bits per heavy atom. The molecule has 0 amide bonds. The Bertz CT molecular complexity index is 733. The molecule has 144 valence electrons. The molecule has 2 aromatic rings. The fourth-order valence-corrected chi connectivity index (χ4v) is 4.60. The monoisotopic (exact) mass is 368 g/mol. The molecule has 1 aliphatic carbocycles. The van der Waals surface area contributed by atoms with Crippen LogP contribution in [0.3, 0.4) is 0 Å². The van der Waals surface area contributed by atoms with Crippen LogP contribution in [0.2, 0.25) is 0 Å². The molecule has 2 fully saturated rings. The number of hydrogen-bond donors (Lipinski definition) is 1. The summed E-state index contributed by atoms with van der Waals surface area (Å²) in [6.07, 6.45) is 4.13. The number of pyridine rings is 1. The molecule has 4 atom stereocenters. The molecule has 0 bridgehead atoms. The van der Waals surface area contributed by atoms with Crippen LogP contribution < -0.4 is 9.47 Å². The Balaban J connectivity index is 1.27. The minimum atomic E-state index is 0.226. The standard InChI is InChI=1S/C22H28N2O3/c1-15(22-8-3-18(25)11-23-22)12-24-13-16-9-21(10-17(16)14-24)27-20-6-4-19(26-2)5-7-20/h3-8,11,15-17,21,25H,9-10,12-14H2,1-2H3/t15?,16-,17+,21+. The molecule has 2 aliphatic rings. The summed E-state index contributed by atoms with van der Waals surface area (Å²) in [6, 6.07) is 11.5. The third kappa shape index (κ3) is 4.19. The molecule has 1 N–H and O–H groups in total. The summed E-state index contributed by atoms with van der Waals surface area (Å²) in [5.41, 5.74) is 1.05. The van der Waals surface area contributed by atoms with Gasteiger partial charge in [-0.1, -0.05) is 6.92 Å². The van der Waals surface area contributed by atoms with E-state index in [0.717, 1.165) is 61.5 Å². The lowest BCUT2D eigenvalue weighted by molar-refractivity contribution is 0.184. The molecule has 1 aromatic carbocycles. The zero-order valence-corrected chi connectivity index (χ0v) is 16.0. The third-order valence-corrected chi connectivity index (χ3v) is 5.95. The number of rotatable bonds is 6. The fourth-order valence-electron chi connectivity index (χ4n) is 4.60. The summed E-state index contributed by atoms with van der Waals surface area (Å²) in [7, 11) is 1.68. The average Bonchev–Trinajstić information content (AvgIpc) is 3.20. The van der Waals surface area contributed by atoms with Crippen molar-refractivity contribution in [3.8, 4) is 17.2 Å². The van der Waals surface area contributed by atoms with E-state index in [1.807, 2.05) is 30.3 Å². The van der Waals surface area contributed by atoms with Crippen molar-refractivity contribution in [3.63, 3.8) is 0 Å². The second-order valence-electron chi connectivity index (χ2n) is 7.97. The molecule has 1 saturated carbocycles. The van der Waals surface area contributed by atoms with Crippen molar-refractivity contribution < 1.29 is 14.6 Å². The van der Waals surface area contributed by atoms with Crippen LogP contribution in [0.25, 0.3) is 0 Å². The predicted octanol–water partition coefficient (Wildman–Crippen LogP) is 3.69. The highest BCUT2D eigenvalue weighted by molar-refractivity contribution is 5.31. The molecule has 2 heterocycles. The van der Waals surface area contributed by atoms with Crippen LogP contribution >= 0.6 is 0 Å². The maximum absolute atomic E-state index is 9.40. The second-order valence-corrected chi connectivity index (χ2v) is 7.97. The Morgan fingerprint density at radius 2 is 1.74 bits per heavy atom. The second kappa shape index (κ2) is 7.77. The predicted molar refractivity (Wildman–Crippen MR) is 104 cm³/mol. The Hall–Kier alpha value is -2.27. The maximum Gasteiger partial charge on any atom is 0.133 e. The molecule has 1 saturated heterocycles. The summed E-state index contributed by atoms with van der Waals surface area (Å²) in [4.78, 5) is 6.93. The lowest BCUT2D eigenvalue weighted by Crippen LogP contribution is -2.28. The molecule has 1 aliphatic heterocycles. The summed E-state index contributed by atoms with van der Waals surface area (Å²) < 4.78 is 11.4. The molecule has 1 unspecified atom stereocenters. The maximum atomic E-state index is 9.40. The first-order valence-corrected chi connectivity index (χ1v) is 9.78. The van der Waals surface area contributed by atoms with E-state index in [1.165, 1.54) is 6.20 Å². The Labute approximate surface area is 160 Å². The van der Waals surface area contributed by atoms with Gasteiger partial charge in [0.25, 0.3) is 0 Å². The SMILES string of the molecule is COc1ccc(O[C@H]2C[C@@H]3CN(CC(C)c4ccc(O)cn4)C[C@@H]3C2)cc1. The molecule has 27 heavy (non-hydrogen) atoms. The van der Waals surface area contributed by atoms with Gasteiger partial charge in [0, 0.05) is 31.2 Å². The van der Waals surface area contributed by atoms with Crippen molar-refractivity contribution in [2.45, 2.75) is 31.8 Å². The first-order valence-electron chi connectivity index (χ1n) is 9.78. The fraction of sp³-hybridized carbons (Fsp3) is 0.500. The number of benzene rings is 1. The third-order valence-electron chi connectivity index (χ3n) is 5.95. The molecule has 5 heteroatoms. The first kappa shape index (κ1) is 18.1. The Kier molecular flexibility index (Phi) is 5.21. The van der Waals surface area contributed by atoms with Crippen molar-refractivity contribution in [2.75, 3.05) is 26.7 Å². The lowest BCUT2D eigenvalue weighted by Gasteiger charge is -2.23. The van der Waals surface area contributed by atoms with E-state index in [1.54, 1.807) is 13.2 Å². The topological polar surface area (TPSA) is 54.8 Å². The number of aromatic nitrogens is 1. The van der Waals surface area contributed by atoms with Crippen LogP contribution in [-0.2, 0) is 0 Å². The van der Waals surface area contributed by atoms with Gasteiger partial charge >= 0.3 is 0 Å². The van der Waals surface area contributed by atoms with Crippen LogP contribution in [0, 0.1) is 11.8 Å². The van der Waals surface area contributed by atoms with Gasteiger partial charge in [-0.3, -0.25) is 4.98 Å². The van der Waals surface area contributed by atoms with Crippen LogP contribution in [-0.4, -0.2) is 47.8 Å². The lowest BCUT2D eigenvalue weighted by atomic mass is 10.0. The van der Waals surface area contributed by atoms with Gasteiger partial charge < -0.3 is 19.5 Å². The molecule has 5 nitrogen and oxygen atoms in total. The van der Waals surface area contributed by atoms with Gasteiger partial charge in [0.15, 0.2) is 0 Å². The van der Waals surface area contributed by atoms with E-state index in [4.69, 9.17) is 9.47 Å². The van der Waals surface area contributed by atoms with Gasteiger partial charge in [-0.15, -0.1) is 0 Å². The number of aromatic hydroxyl groups is 1. The number of fused-ring (bicyclic) bond motifs is 1. The molecule has 0 spiro atoms. The molecular formula is C22H28N2O3. The van der Waals surface area contributed by atoms with Crippen molar-refractivity contribution in [3.05, 3.63) is 48.3 Å². The highest BCUT2D eigenvalue weighted by Crippen LogP contribution is 2.40. The molecular weight excluding hydrogens is 340 g/mol. The first-order chi connectivity index (χ1) is 13.1. The number of likely N-dealkylation sites (tertiary alicyclic amines) is 1. The molecule has 0 radical (unpaired) electrons. The van der Waals surface area contributed by atoms with E-state index in [-0.39, 0.29) is 5.75 Å². The van der Waals surface area contributed by atoms with Gasteiger partial charge in [-0.25, -0.2) is 0 Å². The molecule has 4 rings (SSSR count). The smallest absolute Gasteiger partial charge is 0.133 e. The van der Waals surface area contributed by atoms with Gasteiger partial charge in [-0.05, 0) is 61.1 Å². The van der Waals surface area contributed by atoms with Crippen molar-refractivity contribution >= 4 is 0 Å². The minimum Gasteiger partial charge on any atom is -0.506 e. The summed E-state index contributed by atoms with van der Waals surface area (Å²) >= 11 is 0. The van der Waals surface area contributed by atoms with E-state index in [0.29, 0.717) is 12.0 Å². The van der Waals surface area contributed by atoms with Crippen LogP contribution in [0.5, 0.6) is 17.2 Å². The number of hydrogen-bond acceptors (Lipinski definition) is 5.